The highest BCUT2D eigenvalue weighted by atomic mass is 16.7. The van der Waals surface area contributed by atoms with Crippen LogP contribution in [0.4, 0.5) is 0 Å². The predicted molar refractivity (Wildman–Crippen MR) is 138 cm³/mol. The average molecular weight is 593 g/mol. The second-order valence-electron chi connectivity index (χ2n) is 10.2. The van der Waals surface area contributed by atoms with Gasteiger partial charge < -0.3 is 59.1 Å². The van der Waals surface area contributed by atoms with Gasteiger partial charge in [0.15, 0.2) is 17.9 Å². The van der Waals surface area contributed by atoms with E-state index in [0.29, 0.717) is 0 Å². The minimum Gasteiger partial charge on any atom is -0.495 e. The van der Waals surface area contributed by atoms with Crippen molar-refractivity contribution in [2.24, 2.45) is 0 Å². The largest absolute Gasteiger partial charge is 0.495 e. The molecule has 6 N–H and O–H groups in total. The molecule has 1 aliphatic carbocycles. The van der Waals surface area contributed by atoms with E-state index in [-0.39, 0.29) is 52.5 Å². The lowest BCUT2D eigenvalue weighted by molar-refractivity contribution is -0.307. The maximum absolute atomic E-state index is 13.4. The molecule has 14 nitrogen and oxygen atoms in total. The van der Waals surface area contributed by atoms with Crippen LogP contribution in [0.5, 0.6) is 11.5 Å². The van der Waals surface area contributed by atoms with E-state index < -0.39 is 73.5 Å². The van der Waals surface area contributed by atoms with Crippen molar-refractivity contribution >= 4 is 11.6 Å². The zero-order valence-corrected chi connectivity index (χ0v) is 22.7. The van der Waals surface area contributed by atoms with Gasteiger partial charge in [0, 0.05) is 23.8 Å². The number of methoxy groups -OCH3 is 2. The van der Waals surface area contributed by atoms with E-state index in [0.717, 1.165) is 0 Å². The lowest BCUT2D eigenvalue weighted by atomic mass is 9.82. The molecule has 14 heteroatoms. The number of fused-ring (bicyclic) bond motifs is 2. The van der Waals surface area contributed by atoms with Crippen molar-refractivity contribution in [1.82, 2.24) is 0 Å². The maximum atomic E-state index is 13.4. The molecule has 0 aromatic heterocycles. The van der Waals surface area contributed by atoms with Crippen molar-refractivity contribution in [1.29, 1.82) is 0 Å². The van der Waals surface area contributed by atoms with Gasteiger partial charge in [0.05, 0.1) is 38.1 Å². The molecular weight excluding hydrogens is 560 g/mol. The Balaban J connectivity index is 1.43. The molecule has 0 bridgehead atoms. The monoisotopic (exact) mass is 592 g/mol. The van der Waals surface area contributed by atoms with Crippen LogP contribution in [0.25, 0.3) is 0 Å². The van der Waals surface area contributed by atoms with E-state index in [1.165, 1.54) is 26.4 Å². The van der Waals surface area contributed by atoms with Gasteiger partial charge >= 0.3 is 0 Å². The number of ketones is 2. The molecule has 2 aliphatic heterocycles. The van der Waals surface area contributed by atoms with Gasteiger partial charge in [-0.15, -0.1) is 0 Å². The summed E-state index contributed by atoms with van der Waals surface area (Å²) >= 11 is 0. The molecule has 0 unspecified atom stereocenters. The number of ether oxygens (including phenoxy) is 6. The second-order valence-corrected chi connectivity index (χ2v) is 10.2. The van der Waals surface area contributed by atoms with Crippen LogP contribution in [0.15, 0.2) is 30.3 Å². The number of hydrogen-bond donors (Lipinski definition) is 6. The third kappa shape index (κ3) is 5.31. The molecule has 2 aromatic carbocycles. The Morgan fingerprint density at radius 3 is 2.17 bits per heavy atom. The normalized spacial score (nSPS) is 32.7. The first-order chi connectivity index (χ1) is 20.1. The summed E-state index contributed by atoms with van der Waals surface area (Å²) in [5.74, 6) is -0.927. The molecule has 2 fully saturated rings. The van der Waals surface area contributed by atoms with Crippen LogP contribution < -0.4 is 9.47 Å². The van der Waals surface area contributed by atoms with E-state index in [1.807, 2.05) is 0 Å². The van der Waals surface area contributed by atoms with E-state index in [2.05, 4.69) is 0 Å². The zero-order chi connectivity index (χ0) is 30.3. The summed E-state index contributed by atoms with van der Waals surface area (Å²) in [6, 6.07) is 7.64. The van der Waals surface area contributed by atoms with Gasteiger partial charge in [-0.3, -0.25) is 9.59 Å². The number of aliphatic hydroxyl groups is 6. The van der Waals surface area contributed by atoms with E-state index in [9.17, 15) is 40.2 Å². The van der Waals surface area contributed by atoms with Gasteiger partial charge in [-0.05, 0) is 6.07 Å². The number of rotatable bonds is 8. The number of aliphatic hydroxyl groups excluding tert-OH is 6. The molecule has 9 atom stereocenters. The highest BCUT2D eigenvalue weighted by molar-refractivity contribution is 6.29. The van der Waals surface area contributed by atoms with E-state index in [4.69, 9.17) is 28.4 Å². The van der Waals surface area contributed by atoms with Crippen LogP contribution in [-0.4, -0.2) is 125 Å². The first-order valence-electron chi connectivity index (χ1n) is 13.1. The molecule has 2 heterocycles. The Morgan fingerprint density at radius 2 is 1.50 bits per heavy atom. The fraction of sp³-hybridized carbons (Fsp3) is 0.500. The number of hydrogen-bond acceptors (Lipinski definition) is 14. The minimum atomic E-state index is -1.78. The number of carbonyl (C=O) groups excluding carboxylic acids is 2. The van der Waals surface area contributed by atoms with Crippen LogP contribution in [0.3, 0.4) is 0 Å². The van der Waals surface area contributed by atoms with Crippen molar-refractivity contribution in [3.05, 3.63) is 58.1 Å². The Morgan fingerprint density at radius 1 is 0.833 bits per heavy atom. The van der Waals surface area contributed by atoms with Crippen molar-refractivity contribution in [2.45, 2.75) is 61.9 Å². The highest BCUT2D eigenvalue weighted by Gasteiger charge is 2.47. The van der Waals surface area contributed by atoms with Gasteiger partial charge in [-0.25, -0.2) is 0 Å². The summed E-state index contributed by atoms with van der Waals surface area (Å²) in [6.07, 6.45) is -14.0. The third-order valence-corrected chi connectivity index (χ3v) is 7.51. The van der Waals surface area contributed by atoms with Gasteiger partial charge in [0.25, 0.3) is 0 Å². The van der Waals surface area contributed by atoms with Crippen molar-refractivity contribution < 1.29 is 68.6 Å². The van der Waals surface area contributed by atoms with Crippen LogP contribution in [0.1, 0.15) is 37.4 Å². The molecule has 228 valence electrons. The number of carbonyl (C=O) groups is 2. The van der Waals surface area contributed by atoms with Crippen LogP contribution in [-0.2, 0) is 25.6 Å². The fourth-order valence-corrected chi connectivity index (χ4v) is 5.24. The molecule has 42 heavy (non-hydrogen) atoms. The van der Waals surface area contributed by atoms with E-state index in [1.54, 1.807) is 18.2 Å². The SMILES string of the molecule is COCc1c(O[C@H]2O[C@@H](CO[C@H]3OC[C@H](O)[C@@H](O)[C@@H]3O)[C@H](O)[C@@H](O)[C@@H]2O)cc2c(c1OC)C(=O)c1ccccc1C2=O. The van der Waals surface area contributed by atoms with Gasteiger partial charge in [-0.1, -0.05) is 24.3 Å². The molecule has 0 radical (unpaired) electrons. The lowest BCUT2D eigenvalue weighted by Crippen LogP contribution is -2.61. The maximum Gasteiger partial charge on any atom is 0.229 e. The number of benzene rings is 2. The minimum absolute atomic E-state index is 0.0136. The Labute approximate surface area is 239 Å². The molecule has 0 spiro atoms. The van der Waals surface area contributed by atoms with Crippen LogP contribution >= 0.6 is 0 Å². The van der Waals surface area contributed by atoms with Crippen molar-refractivity contribution in [3.8, 4) is 11.5 Å². The van der Waals surface area contributed by atoms with Gasteiger partial charge in [-0.2, -0.15) is 0 Å². The highest BCUT2D eigenvalue weighted by Crippen LogP contribution is 2.42. The zero-order valence-electron chi connectivity index (χ0n) is 22.7. The first kappa shape index (κ1) is 30.4. The Bertz CT molecular complexity index is 1330. The quantitative estimate of drug-likeness (QED) is 0.172. The summed E-state index contributed by atoms with van der Waals surface area (Å²) in [5, 5.41) is 61.4. The standard InChI is InChI=1S/C28H32O14/c1-37-8-14-16(7-13-18(26(14)38-2)20(31)12-6-4-3-5-11(12)19(13)30)41-28-25(36)23(34)22(33)17(42-28)10-40-27-24(35)21(32)15(29)9-39-27/h3-7,15,17,21-25,27-29,32-36H,8-10H2,1-2H3/t15-,17-,21+,22-,23+,24-,25-,27+,28-/m0/s1. The summed E-state index contributed by atoms with van der Waals surface area (Å²) in [6.45, 7) is -0.948. The predicted octanol–water partition coefficient (Wildman–Crippen LogP) is -1.74. The van der Waals surface area contributed by atoms with Crippen LogP contribution in [0, 0.1) is 0 Å². The summed E-state index contributed by atoms with van der Waals surface area (Å²) in [4.78, 5) is 26.8. The topological polar surface area (TPSA) is 211 Å². The average Bonchev–Trinajstić information content (AvgIpc) is 2.99. The van der Waals surface area contributed by atoms with Gasteiger partial charge in [0.2, 0.25) is 6.29 Å². The summed E-state index contributed by atoms with van der Waals surface area (Å²) in [7, 11) is 2.70. The lowest BCUT2D eigenvalue weighted by Gasteiger charge is -2.41. The molecule has 0 amide bonds. The summed E-state index contributed by atoms with van der Waals surface area (Å²) in [5.41, 5.74) is 0.628. The summed E-state index contributed by atoms with van der Waals surface area (Å²) < 4.78 is 33.1. The fourth-order valence-electron chi connectivity index (χ4n) is 5.24. The second kappa shape index (κ2) is 12.3. The first-order valence-corrected chi connectivity index (χ1v) is 13.1. The third-order valence-electron chi connectivity index (χ3n) is 7.51. The van der Waals surface area contributed by atoms with Gasteiger partial charge in [0.1, 0.15) is 54.2 Å². The van der Waals surface area contributed by atoms with E-state index >= 15 is 0 Å². The molecular formula is C28H32O14. The van der Waals surface area contributed by atoms with Crippen molar-refractivity contribution in [2.75, 3.05) is 27.4 Å². The van der Waals surface area contributed by atoms with Crippen LogP contribution in [0.2, 0.25) is 0 Å². The Kier molecular flexibility index (Phi) is 8.91. The van der Waals surface area contributed by atoms with Crippen molar-refractivity contribution in [3.63, 3.8) is 0 Å². The smallest absolute Gasteiger partial charge is 0.229 e. The molecule has 2 aromatic rings. The molecule has 0 saturated carbocycles. The molecule has 5 rings (SSSR count). The molecule has 2 saturated heterocycles. The Hall–Kier alpha value is -3.02. The molecule has 3 aliphatic rings.